The van der Waals surface area contributed by atoms with E-state index in [2.05, 4.69) is 13.8 Å². The molecular weight excluding hydrogens is 564 g/mol. The molecule has 0 spiro atoms. The van der Waals surface area contributed by atoms with E-state index >= 15 is 0 Å². The summed E-state index contributed by atoms with van der Waals surface area (Å²) >= 11 is 0. The normalized spacial score (nSPS) is 11.1. The van der Waals surface area contributed by atoms with Crippen molar-refractivity contribution in [3.05, 3.63) is 54.6 Å². The fraction of sp³-hybridized carbons (Fsp3) is 0.667. The Morgan fingerprint density at radius 1 is 0.476 bits per heavy atom. The van der Waals surface area contributed by atoms with Gasteiger partial charge in [0.25, 0.3) is 9.05 Å². The molecule has 0 atom stereocenters. The first-order valence-corrected chi connectivity index (χ1v) is 19.1. The first-order chi connectivity index (χ1) is 20.5. The number of ether oxygens (including phenoxy) is 2. The van der Waals surface area contributed by atoms with Gasteiger partial charge in [-0.25, -0.2) is 8.42 Å². The van der Waals surface area contributed by atoms with Crippen molar-refractivity contribution < 1.29 is 17.9 Å². The second-order valence-corrected chi connectivity index (χ2v) is 13.8. The molecule has 0 fully saturated rings. The van der Waals surface area contributed by atoms with Crippen molar-refractivity contribution in [2.45, 2.75) is 147 Å². The Bertz CT molecular complexity index is 948. The van der Waals surface area contributed by atoms with Crippen LogP contribution >= 0.6 is 10.7 Å². The SMILES string of the molecule is CCCCCCCCCCCCOc1ccc(S(=O)(=O)Cl)cc1.CCCCCCCCCCCCOc1ccccc1. The van der Waals surface area contributed by atoms with Gasteiger partial charge in [-0.1, -0.05) is 148 Å². The summed E-state index contributed by atoms with van der Waals surface area (Å²) in [5.74, 6) is 1.68. The van der Waals surface area contributed by atoms with Gasteiger partial charge in [-0.05, 0) is 49.2 Å². The molecule has 240 valence electrons. The zero-order valence-corrected chi connectivity index (χ0v) is 28.2. The van der Waals surface area contributed by atoms with Crippen LogP contribution in [0.2, 0.25) is 0 Å². The summed E-state index contributed by atoms with van der Waals surface area (Å²) in [4.78, 5) is 0.102. The van der Waals surface area contributed by atoms with Crippen LogP contribution in [-0.4, -0.2) is 21.6 Å². The third kappa shape index (κ3) is 22.8. The van der Waals surface area contributed by atoms with Crippen molar-refractivity contribution in [1.82, 2.24) is 0 Å². The van der Waals surface area contributed by atoms with Gasteiger partial charge in [-0.2, -0.15) is 0 Å². The van der Waals surface area contributed by atoms with Crippen molar-refractivity contribution >= 4 is 19.7 Å². The highest BCUT2D eigenvalue weighted by atomic mass is 35.7. The van der Waals surface area contributed by atoms with Crippen LogP contribution in [0.5, 0.6) is 11.5 Å². The maximum absolute atomic E-state index is 11.1. The minimum Gasteiger partial charge on any atom is -0.494 e. The Balaban J connectivity index is 0.000000428. The predicted molar refractivity (Wildman–Crippen MR) is 181 cm³/mol. The van der Waals surface area contributed by atoms with Gasteiger partial charge >= 0.3 is 0 Å². The van der Waals surface area contributed by atoms with Gasteiger partial charge in [0, 0.05) is 10.7 Å². The maximum atomic E-state index is 11.1. The van der Waals surface area contributed by atoms with Crippen molar-refractivity contribution in [2.75, 3.05) is 13.2 Å². The molecule has 2 aromatic carbocycles. The largest absolute Gasteiger partial charge is 0.494 e. The van der Waals surface area contributed by atoms with Crippen LogP contribution in [0.15, 0.2) is 59.5 Å². The smallest absolute Gasteiger partial charge is 0.261 e. The molecule has 0 unspecified atom stereocenters. The summed E-state index contributed by atoms with van der Waals surface area (Å²) < 4.78 is 33.5. The third-order valence-corrected chi connectivity index (χ3v) is 8.75. The summed E-state index contributed by atoms with van der Waals surface area (Å²) in [6.45, 7) is 6.05. The van der Waals surface area contributed by atoms with Gasteiger partial charge in [0.2, 0.25) is 0 Å². The molecule has 0 heterocycles. The van der Waals surface area contributed by atoms with Crippen LogP contribution in [0, 0.1) is 0 Å². The highest BCUT2D eigenvalue weighted by Crippen LogP contribution is 2.19. The summed E-state index contributed by atoms with van der Waals surface area (Å²) in [6, 6.07) is 16.3. The predicted octanol–water partition coefficient (Wildman–Crippen LogP) is 11.9. The second-order valence-electron chi connectivity index (χ2n) is 11.3. The van der Waals surface area contributed by atoms with E-state index in [0.29, 0.717) is 12.4 Å². The highest BCUT2D eigenvalue weighted by molar-refractivity contribution is 8.13. The Morgan fingerprint density at radius 3 is 1.17 bits per heavy atom. The summed E-state index contributed by atoms with van der Waals surface area (Å²) in [5.41, 5.74) is 0. The molecule has 2 rings (SSSR count). The molecule has 0 aliphatic carbocycles. The summed E-state index contributed by atoms with van der Waals surface area (Å²) in [5, 5.41) is 0. The van der Waals surface area contributed by atoms with E-state index in [9.17, 15) is 8.42 Å². The van der Waals surface area contributed by atoms with E-state index in [0.717, 1.165) is 18.8 Å². The highest BCUT2D eigenvalue weighted by Gasteiger charge is 2.09. The first kappa shape index (κ1) is 38.3. The van der Waals surface area contributed by atoms with Crippen molar-refractivity contribution in [2.24, 2.45) is 0 Å². The minimum atomic E-state index is -3.65. The zero-order valence-electron chi connectivity index (χ0n) is 26.7. The second kappa shape index (κ2) is 26.9. The number of hydrogen-bond acceptors (Lipinski definition) is 4. The van der Waals surface area contributed by atoms with Crippen LogP contribution < -0.4 is 9.47 Å². The topological polar surface area (TPSA) is 52.6 Å². The fourth-order valence-electron chi connectivity index (χ4n) is 4.77. The van der Waals surface area contributed by atoms with Crippen LogP contribution in [0.3, 0.4) is 0 Å². The molecule has 0 saturated carbocycles. The van der Waals surface area contributed by atoms with Crippen molar-refractivity contribution in [3.8, 4) is 11.5 Å². The molecular formula is C36H59ClO4S. The van der Waals surface area contributed by atoms with E-state index < -0.39 is 9.05 Å². The lowest BCUT2D eigenvalue weighted by Gasteiger charge is -2.06. The molecule has 0 saturated heterocycles. The van der Waals surface area contributed by atoms with Gasteiger partial charge in [-0.15, -0.1) is 0 Å². The summed E-state index contributed by atoms with van der Waals surface area (Å²) in [7, 11) is 1.62. The van der Waals surface area contributed by atoms with Gasteiger partial charge in [-0.3, -0.25) is 0 Å². The van der Waals surface area contributed by atoms with Crippen LogP contribution in [0.25, 0.3) is 0 Å². The maximum Gasteiger partial charge on any atom is 0.261 e. The van der Waals surface area contributed by atoms with E-state index in [1.54, 1.807) is 12.1 Å². The minimum absolute atomic E-state index is 0.102. The molecule has 4 nitrogen and oxygen atoms in total. The average Bonchev–Trinajstić information content (AvgIpc) is 2.99. The lowest BCUT2D eigenvalue weighted by Crippen LogP contribution is -1.98. The Hall–Kier alpha value is -1.72. The van der Waals surface area contributed by atoms with Gasteiger partial charge in [0.15, 0.2) is 0 Å². The molecule has 0 bridgehead atoms. The number of hydrogen-bond donors (Lipinski definition) is 0. The van der Waals surface area contributed by atoms with Crippen LogP contribution in [0.1, 0.15) is 142 Å². The Morgan fingerprint density at radius 2 is 0.810 bits per heavy atom. The molecule has 42 heavy (non-hydrogen) atoms. The number of unbranched alkanes of at least 4 members (excludes halogenated alkanes) is 18. The molecule has 0 aromatic heterocycles. The molecule has 0 aliphatic rings. The molecule has 2 aromatic rings. The van der Waals surface area contributed by atoms with Crippen molar-refractivity contribution in [1.29, 1.82) is 0 Å². The van der Waals surface area contributed by atoms with Gasteiger partial charge in [0.05, 0.1) is 18.1 Å². The average molecular weight is 623 g/mol. The first-order valence-electron chi connectivity index (χ1n) is 16.8. The lowest BCUT2D eigenvalue weighted by atomic mass is 10.1. The number of benzene rings is 2. The molecule has 0 N–H and O–H groups in total. The fourth-order valence-corrected chi connectivity index (χ4v) is 5.54. The zero-order chi connectivity index (χ0) is 30.6. The quantitative estimate of drug-likeness (QED) is 0.0816. The summed E-state index contributed by atoms with van der Waals surface area (Å²) in [6.07, 6.45) is 26.7. The number of rotatable bonds is 25. The van der Waals surface area contributed by atoms with Gasteiger partial charge < -0.3 is 9.47 Å². The van der Waals surface area contributed by atoms with Crippen LogP contribution in [0.4, 0.5) is 0 Å². The van der Waals surface area contributed by atoms with Crippen molar-refractivity contribution in [3.63, 3.8) is 0 Å². The molecule has 0 aliphatic heterocycles. The van der Waals surface area contributed by atoms with E-state index in [1.165, 1.54) is 134 Å². The Labute approximate surface area is 263 Å². The van der Waals surface area contributed by atoms with Crippen LogP contribution in [-0.2, 0) is 9.05 Å². The molecule has 0 radical (unpaired) electrons. The number of para-hydroxylation sites is 1. The monoisotopic (exact) mass is 622 g/mol. The van der Waals surface area contributed by atoms with Gasteiger partial charge in [0.1, 0.15) is 11.5 Å². The Kier molecular flexibility index (Phi) is 24.5. The number of halogens is 1. The van der Waals surface area contributed by atoms with E-state index in [1.807, 2.05) is 30.3 Å². The lowest BCUT2D eigenvalue weighted by molar-refractivity contribution is 0.304. The standard InChI is InChI=1S/C18H29ClO3S.C18H30O/c1-2-3-4-5-6-7-8-9-10-11-16-22-17-12-14-18(15-13-17)23(19,20)21;1-2-3-4-5-6-7-8-9-10-14-17-19-18-15-12-11-13-16-18/h12-15H,2-11,16H2,1H3;11-13,15-16H,2-10,14,17H2,1H3. The molecule has 0 amide bonds. The molecule has 6 heteroatoms. The van der Waals surface area contributed by atoms with E-state index in [-0.39, 0.29) is 4.90 Å². The third-order valence-electron chi connectivity index (χ3n) is 7.38. The van der Waals surface area contributed by atoms with E-state index in [4.69, 9.17) is 20.2 Å².